The lowest BCUT2D eigenvalue weighted by Gasteiger charge is -2.14. The molecule has 2 aromatic rings. The summed E-state index contributed by atoms with van der Waals surface area (Å²) >= 11 is 11.9. The van der Waals surface area contributed by atoms with Gasteiger partial charge < -0.3 is 5.73 Å². The molecule has 1 unspecified atom stereocenters. The summed E-state index contributed by atoms with van der Waals surface area (Å²) < 4.78 is 26.3. The highest BCUT2D eigenvalue weighted by Gasteiger charge is 2.12. The number of benzene rings is 2. The first-order valence-corrected chi connectivity index (χ1v) is 6.37. The van der Waals surface area contributed by atoms with Gasteiger partial charge in [0.25, 0.3) is 0 Å². The lowest BCUT2D eigenvalue weighted by Crippen LogP contribution is -2.14. The summed E-state index contributed by atoms with van der Waals surface area (Å²) in [6, 6.07) is 7.71. The van der Waals surface area contributed by atoms with Crippen LogP contribution in [0.1, 0.15) is 17.2 Å². The van der Waals surface area contributed by atoms with Gasteiger partial charge in [-0.05, 0) is 47.9 Å². The van der Waals surface area contributed by atoms with Gasteiger partial charge in [-0.2, -0.15) is 0 Å². The number of hydrogen-bond acceptors (Lipinski definition) is 1. The van der Waals surface area contributed by atoms with Crippen molar-refractivity contribution in [1.82, 2.24) is 0 Å². The van der Waals surface area contributed by atoms with Crippen LogP contribution in [0.4, 0.5) is 8.78 Å². The first kappa shape index (κ1) is 14.3. The Bertz CT molecular complexity index is 582. The van der Waals surface area contributed by atoms with Crippen molar-refractivity contribution in [3.8, 4) is 0 Å². The standard InChI is InChI=1S/C14H11Cl2F2N/c15-10-1-2-13(16)8(3-10)6-14(19)9-4-11(17)7-12(18)5-9/h1-5,7,14H,6,19H2. The summed E-state index contributed by atoms with van der Waals surface area (Å²) in [5, 5.41) is 1.06. The zero-order valence-electron chi connectivity index (χ0n) is 9.84. The third-order valence-electron chi connectivity index (χ3n) is 2.76. The van der Waals surface area contributed by atoms with Gasteiger partial charge in [-0.3, -0.25) is 0 Å². The third-order valence-corrected chi connectivity index (χ3v) is 3.36. The fraction of sp³-hybridized carbons (Fsp3) is 0.143. The van der Waals surface area contributed by atoms with Crippen LogP contribution >= 0.6 is 23.2 Å². The molecule has 0 heterocycles. The number of hydrogen-bond donors (Lipinski definition) is 1. The lowest BCUT2D eigenvalue weighted by atomic mass is 9.99. The summed E-state index contributed by atoms with van der Waals surface area (Å²) in [6.07, 6.45) is 0.349. The molecule has 0 fully saturated rings. The van der Waals surface area contributed by atoms with E-state index in [1.807, 2.05) is 0 Å². The maximum Gasteiger partial charge on any atom is 0.126 e. The van der Waals surface area contributed by atoms with Gasteiger partial charge in [0.1, 0.15) is 11.6 Å². The Morgan fingerprint density at radius 3 is 2.26 bits per heavy atom. The molecule has 0 aliphatic rings. The average molecular weight is 302 g/mol. The molecule has 0 spiro atoms. The van der Waals surface area contributed by atoms with Crippen molar-refractivity contribution in [2.75, 3.05) is 0 Å². The average Bonchev–Trinajstić information content (AvgIpc) is 2.32. The van der Waals surface area contributed by atoms with E-state index in [1.165, 1.54) is 12.1 Å². The maximum atomic E-state index is 13.1. The molecule has 0 amide bonds. The second-order valence-electron chi connectivity index (χ2n) is 4.25. The minimum Gasteiger partial charge on any atom is -0.324 e. The molecule has 5 heteroatoms. The number of halogens is 4. The fourth-order valence-electron chi connectivity index (χ4n) is 1.84. The molecule has 0 aliphatic carbocycles. The van der Waals surface area contributed by atoms with Gasteiger partial charge in [-0.25, -0.2) is 8.78 Å². The molecule has 1 atom stereocenters. The Balaban J connectivity index is 2.25. The molecule has 0 aromatic heterocycles. The second kappa shape index (κ2) is 5.87. The van der Waals surface area contributed by atoms with Crippen LogP contribution in [0.25, 0.3) is 0 Å². The third kappa shape index (κ3) is 3.66. The molecule has 19 heavy (non-hydrogen) atoms. The highest BCUT2D eigenvalue weighted by molar-refractivity contribution is 6.33. The molecule has 2 N–H and O–H groups in total. The summed E-state index contributed by atoms with van der Waals surface area (Å²) in [5.41, 5.74) is 7.07. The molecular weight excluding hydrogens is 291 g/mol. The Morgan fingerprint density at radius 1 is 1.00 bits per heavy atom. The molecule has 0 saturated heterocycles. The molecule has 0 aliphatic heterocycles. The van der Waals surface area contributed by atoms with E-state index in [-0.39, 0.29) is 0 Å². The number of nitrogens with two attached hydrogens (primary N) is 1. The van der Waals surface area contributed by atoms with E-state index in [4.69, 9.17) is 28.9 Å². The predicted molar refractivity (Wildman–Crippen MR) is 73.5 cm³/mol. The van der Waals surface area contributed by atoms with Crippen LogP contribution in [0.3, 0.4) is 0 Å². The quantitative estimate of drug-likeness (QED) is 0.886. The summed E-state index contributed by atoms with van der Waals surface area (Å²) in [4.78, 5) is 0. The Labute approximate surface area is 119 Å². The van der Waals surface area contributed by atoms with Gasteiger partial charge in [0.05, 0.1) is 0 Å². The van der Waals surface area contributed by atoms with Crippen LogP contribution < -0.4 is 5.73 Å². The highest BCUT2D eigenvalue weighted by atomic mass is 35.5. The molecule has 2 rings (SSSR count). The molecule has 0 saturated carbocycles. The van der Waals surface area contributed by atoms with Crippen LogP contribution in [0, 0.1) is 11.6 Å². The predicted octanol–water partition coefficient (Wildman–Crippen LogP) is 4.51. The topological polar surface area (TPSA) is 26.0 Å². The molecular formula is C14H11Cl2F2N. The van der Waals surface area contributed by atoms with Crippen molar-refractivity contribution >= 4 is 23.2 Å². The maximum absolute atomic E-state index is 13.1. The zero-order valence-corrected chi connectivity index (χ0v) is 11.3. The van der Waals surface area contributed by atoms with Crippen LogP contribution in [0.15, 0.2) is 36.4 Å². The van der Waals surface area contributed by atoms with E-state index in [1.54, 1.807) is 18.2 Å². The van der Waals surface area contributed by atoms with Gasteiger partial charge in [0.15, 0.2) is 0 Å². The van der Waals surface area contributed by atoms with Gasteiger partial charge in [0, 0.05) is 22.2 Å². The fourth-order valence-corrected chi connectivity index (χ4v) is 2.23. The Morgan fingerprint density at radius 2 is 1.63 bits per heavy atom. The minimum absolute atomic E-state index is 0.349. The first-order valence-electron chi connectivity index (χ1n) is 5.61. The largest absolute Gasteiger partial charge is 0.324 e. The van der Waals surface area contributed by atoms with E-state index in [2.05, 4.69) is 0 Å². The molecule has 2 aromatic carbocycles. The monoisotopic (exact) mass is 301 g/mol. The highest BCUT2D eigenvalue weighted by Crippen LogP contribution is 2.25. The molecule has 100 valence electrons. The molecule has 1 nitrogen and oxygen atoms in total. The van der Waals surface area contributed by atoms with Crippen molar-refractivity contribution < 1.29 is 8.78 Å². The summed E-state index contributed by atoms with van der Waals surface area (Å²) in [5.74, 6) is -1.30. The van der Waals surface area contributed by atoms with E-state index in [0.717, 1.165) is 11.6 Å². The summed E-state index contributed by atoms with van der Waals surface area (Å²) in [6.45, 7) is 0. The van der Waals surface area contributed by atoms with Gasteiger partial charge in [-0.1, -0.05) is 23.2 Å². The van der Waals surface area contributed by atoms with E-state index in [0.29, 0.717) is 22.0 Å². The smallest absolute Gasteiger partial charge is 0.126 e. The summed E-state index contributed by atoms with van der Waals surface area (Å²) in [7, 11) is 0. The van der Waals surface area contributed by atoms with Crippen molar-refractivity contribution in [3.63, 3.8) is 0 Å². The van der Waals surface area contributed by atoms with Gasteiger partial charge in [0.2, 0.25) is 0 Å². The zero-order chi connectivity index (χ0) is 14.0. The van der Waals surface area contributed by atoms with E-state index in [9.17, 15) is 8.78 Å². The normalized spacial score (nSPS) is 12.5. The lowest BCUT2D eigenvalue weighted by molar-refractivity contribution is 0.572. The van der Waals surface area contributed by atoms with Crippen molar-refractivity contribution in [3.05, 3.63) is 69.2 Å². The van der Waals surface area contributed by atoms with Crippen LogP contribution in [0.2, 0.25) is 10.0 Å². The Kier molecular flexibility index (Phi) is 4.40. The van der Waals surface area contributed by atoms with Crippen LogP contribution in [-0.4, -0.2) is 0 Å². The Hall–Kier alpha value is -1.16. The second-order valence-corrected chi connectivity index (χ2v) is 5.09. The van der Waals surface area contributed by atoms with Crippen molar-refractivity contribution in [2.24, 2.45) is 5.73 Å². The minimum atomic E-state index is -0.650. The SMILES string of the molecule is NC(Cc1cc(Cl)ccc1Cl)c1cc(F)cc(F)c1. The number of rotatable bonds is 3. The first-order chi connectivity index (χ1) is 8.95. The molecule has 0 radical (unpaired) electrons. The van der Waals surface area contributed by atoms with E-state index < -0.39 is 17.7 Å². The van der Waals surface area contributed by atoms with Crippen LogP contribution in [-0.2, 0) is 6.42 Å². The van der Waals surface area contributed by atoms with Gasteiger partial charge in [-0.15, -0.1) is 0 Å². The van der Waals surface area contributed by atoms with Gasteiger partial charge >= 0.3 is 0 Å². The molecule has 0 bridgehead atoms. The van der Waals surface area contributed by atoms with Crippen LogP contribution in [0.5, 0.6) is 0 Å². The van der Waals surface area contributed by atoms with Crippen molar-refractivity contribution in [2.45, 2.75) is 12.5 Å². The van der Waals surface area contributed by atoms with E-state index >= 15 is 0 Å². The van der Waals surface area contributed by atoms with Crippen molar-refractivity contribution in [1.29, 1.82) is 0 Å².